The first-order valence-corrected chi connectivity index (χ1v) is 5.84. The Morgan fingerprint density at radius 3 is 2.73 bits per heavy atom. The van der Waals surface area contributed by atoms with Crippen molar-refractivity contribution in [1.29, 1.82) is 0 Å². The molecule has 15 heavy (non-hydrogen) atoms. The predicted molar refractivity (Wildman–Crippen MR) is 60.7 cm³/mol. The molecule has 0 aromatic carbocycles. The summed E-state index contributed by atoms with van der Waals surface area (Å²) in [6.45, 7) is 7.89. The van der Waals surface area contributed by atoms with Gasteiger partial charge in [-0.05, 0) is 25.9 Å². The van der Waals surface area contributed by atoms with Gasteiger partial charge < -0.3 is 9.64 Å². The number of allylic oxidation sites excluding steroid dienone is 1. The van der Waals surface area contributed by atoms with Crippen LogP contribution in [0.25, 0.3) is 0 Å². The molecule has 0 atom stereocenters. The highest BCUT2D eigenvalue weighted by Crippen LogP contribution is 2.14. The Kier molecular flexibility index (Phi) is 5.40. The third kappa shape index (κ3) is 4.04. The van der Waals surface area contributed by atoms with Crippen LogP contribution in [-0.2, 0) is 9.53 Å². The average Bonchev–Trinajstić information content (AvgIpc) is 2.31. The van der Waals surface area contributed by atoms with Gasteiger partial charge in [-0.2, -0.15) is 0 Å². The number of ketones is 1. The lowest BCUT2D eigenvalue weighted by Crippen LogP contribution is -2.26. The highest BCUT2D eigenvalue weighted by molar-refractivity contribution is 5.95. The molecule has 0 fully saturated rings. The largest absolute Gasteiger partial charge is 0.501 e. The van der Waals surface area contributed by atoms with E-state index in [1.165, 1.54) is 0 Å². The second-order valence-corrected chi connectivity index (χ2v) is 3.82. The second kappa shape index (κ2) is 6.62. The van der Waals surface area contributed by atoms with Crippen LogP contribution in [-0.4, -0.2) is 36.9 Å². The molecule has 3 heteroatoms. The number of ether oxygens (including phenoxy) is 1. The van der Waals surface area contributed by atoms with Crippen molar-refractivity contribution in [3.05, 3.63) is 11.8 Å². The Bertz CT molecular complexity index is 232. The van der Waals surface area contributed by atoms with E-state index in [1.54, 1.807) is 6.26 Å². The molecule has 0 aromatic rings. The maximum atomic E-state index is 11.8. The van der Waals surface area contributed by atoms with Gasteiger partial charge in [-0.25, -0.2) is 0 Å². The smallest absolute Gasteiger partial charge is 0.163 e. The third-order valence-corrected chi connectivity index (χ3v) is 2.84. The van der Waals surface area contributed by atoms with Crippen LogP contribution in [0.1, 0.15) is 33.1 Å². The fourth-order valence-electron chi connectivity index (χ4n) is 1.73. The maximum absolute atomic E-state index is 11.8. The zero-order valence-electron chi connectivity index (χ0n) is 9.79. The minimum Gasteiger partial charge on any atom is -0.501 e. The first kappa shape index (κ1) is 12.2. The summed E-state index contributed by atoms with van der Waals surface area (Å²) in [4.78, 5) is 14.0. The lowest BCUT2D eigenvalue weighted by molar-refractivity contribution is -0.116. The van der Waals surface area contributed by atoms with Crippen LogP contribution >= 0.6 is 0 Å². The van der Waals surface area contributed by atoms with Crippen molar-refractivity contribution in [2.45, 2.75) is 33.1 Å². The summed E-state index contributed by atoms with van der Waals surface area (Å²) in [6.07, 6.45) is 4.13. The van der Waals surface area contributed by atoms with Gasteiger partial charge in [-0.15, -0.1) is 0 Å². The zero-order chi connectivity index (χ0) is 11.1. The predicted octanol–water partition coefficient (Wildman–Crippen LogP) is 1.98. The number of rotatable bonds is 6. The molecule has 0 saturated heterocycles. The first-order chi connectivity index (χ1) is 7.27. The topological polar surface area (TPSA) is 29.5 Å². The lowest BCUT2D eigenvalue weighted by Gasteiger charge is -2.18. The molecular formula is C12H21NO2. The van der Waals surface area contributed by atoms with E-state index >= 15 is 0 Å². The van der Waals surface area contributed by atoms with Crippen molar-refractivity contribution in [3.63, 3.8) is 0 Å². The van der Waals surface area contributed by atoms with E-state index in [2.05, 4.69) is 18.7 Å². The van der Waals surface area contributed by atoms with Crippen LogP contribution in [0.3, 0.4) is 0 Å². The number of Topliss-reactive ketones (excluding diaryl/α,β-unsaturated/α-hetero) is 1. The van der Waals surface area contributed by atoms with E-state index in [-0.39, 0.29) is 5.78 Å². The Balaban J connectivity index is 2.31. The highest BCUT2D eigenvalue weighted by Gasteiger charge is 2.13. The van der Waals surface area contributed by atoms with Gasteiger partial charge in [0, 0.05) is 18.5 Å². The standard InChI is InChI=1S/C12H21NO2/c1-3-13(4-2)8-7-12(14)11-6-5-9-15-10-11/h10H,3-9H2,1-2H3. The van der Waals surface area contributed by atoms with Gasteiger partial charge >= 0.3 is 0 Å². The van der Waals surface area contributed by atoms with E-state index in [0.717, 1.165) is 44.7 Å². The lowest BCUT2D eigenvalue weighted by atomic mass is 10.0. The monoisotopic (exact) mass is 211 g/mol. The minimum absolute atomic E-state index is 0.251. The average molecular weight is 211 g/mol. The van der Waals surface area contributed by atoms with E-state index in [9.17, 15) is 4.79 Å². The summed E-state index contributed by atoms with van der Waals surface area (Å²) in [7, 11) is 0. The van der Waals surface area contributed by atoms with Crippen molar-refractivity contribution in [2.75, 3.05) is 26.2 Å². The SMILES string of the molecule is CCN(CC)CCC(=O)C1=COCCC1. The minimum atomic E-state index is 0.251. The van der Waals surface area contributed by atoms with Gasteiger partial charge in [0.1, 0.15) is 0 Å². The van der Waals surface area contributed by atoms with Crippen molar-refractivity contribution in [1.82, 2.24) is 4.90 Å². The summed E-state index contributed by atoms with van der Waals surface area (Å²) in [5.74, 6) is 0.251. The summed E-state index contributed by atoms with van der Waals surface area (Å²) in [5, 5.41) is 0. The van der Waals surface area contributed by atoms with Crippen LogP contribution in [0, 0.1) is 0 Å². The molecule has 0 amide bonds. The van der Waals surface area contributed by atoms with Crippen LogP contribution in [0.5, 0.6) is 0 Å². The Labute approximate surface area is 92.1 Å². The zero-order valence-corrected chi connectivity index (χ0v) is 9.79. The Morgan fingerprint density at radius 2 is 2.20 bits per heavy atom. The number of hydrogen-bond donors (Lipinski definition) is 0. The second-order valence-electron chi connectivity index (χ2n) is 3.82. The van der Waals surface area contributed by atoms with E-state index in [4.69, 9.17) is 4.74 Å². The molecule has 0 N–H and O–H groups in total. The van der Waals surface area contributed by atoms with Crippen LogP contribution < -0.4 is 0 Å². The van der Waals surface area contributed by atoms with Crippen LogP contribution in [0.4, 0.5) is 0 Å². The van der Waals surface area contributed by atoms with Gasteiger partial charge in [-0.1, -0.05) is 13.8 Å². The summed E-state index contributed by atoms with van der Waals surface area (Å²) in [6, 6.07) is 0. The summed E-state index contributed by atoms with van der Waals surface area (Å²) < 4.78 is 5.17. The van der Waals surface area contributed by atoms with E-state index < -0.39 is 0 Å². The molecular weight excluding hydrogens is 190 g/mol. The molecule has 0 saturated carbocycles. The molecule has 0 radical (unpaired) electrons. The molecule has 1 aliphatic heterocycles. The third-order valence-electron chi connectivity index (χ3n) is 2.84. The van der Waals surface area contributed by atoms with Gasteiger partial charge in [0.15, 0.2) is 5.78 Å². The van der Waals surface area contributed by atoms with Gasteiger partial charge in [0.2, 0.25) is 0 Å². The Morgan fingerprint density at radius 1 is 1.47 bits per heavy atom. The number of carbonyl (C=O) groups is 1. The summed E-state index contributed by atoms with van der Waals surface area (Å²) >= 11 is 0. The Hall–Kier alpha value is -0.830. The van der Waals surface area contributed by atoms with Crippen molar-refractivity contribution in [3.8, 4) is 0 Å². The van der Waals surface area contributed by atoms with E-state index in [0.29, 0.717) is 6.42 Å². The molecule has 0 bridgehead atoms. The molecule has 0 spiro atoms. The molecule has 0 unspecified atom stereocenters. The normalized spacial score (nSPS) is 16.1. The van der Waals surface area contributed by atoms with Crippen LogP contribution in [0.2, 0.25) is 0 Å². The van der Waals surface area contributed by atoms with Gasteiger partial charge in [0.25, 0.3) is 0 Å². The van der Waals surface area contributed by atoms with Crippen molar-refractivity contribution >= 4 is 5.78 Å². The van der Waals surface area contributed by atoms with Crippen molar-refractivity contribution < 1.29 is 9.53 Å². The number of carbonyl (C=O) groups excluding carboxylic acids is 1. The number of nitrogens with zero attached hydrogens (tertiary/aromatic N) is 1. The quantitative estimate of drug-likeness (QED) is 0.673. The molecule has 0 aromatic heterocycles. The number of hydrogen-bond acceptors (Lipinski definition) is 3. The van der Waals surface area contributed by atoms with E-state index in [1.807, 2.05) is 0 Å². The molecule has 3 nitrogen and oxygen atoms in total. The molecule has 86 valence electrons. The summed E-state index contributed by atoms with van der Waals surface area (Å²) in [5.41, 5.74) is 0.869. The first-order valence-electron chi connectivity index (χ1n) is 5.84. The van der Waals surface area contributed by atoms with Gasteiger partial charge in [0.05, 0.1) is 12.9 Å². The van der Waals surface area contributed by atoms with Gasteiger partial charge in [-0.3, -0.25) is 4.79 Å². The fraction of sp³-hybridized carbons (Fsp3) is 0.750. The van der Waals surface area contributed by atoms with Crippen molar-refractivity contribution in [2.24, 2.45) is 0 Å². The molecule has 0 aliphatic carbocycles. The molecule has 1 aliphatic rings. The maximum Gasteiger partial charge on any atom is 0.163 e. The fourth-order valence-corrected chi connectivity index (χ4v) is 1.73. The highest BCUT2D eigenvalue weighted by atomic mass is 16.5. The molecule has 1 rings (SSSR count). The molecule has 1 heterocycles. The van der Waals surface area contributed by atoms with Crippen LogP contribution in [0.15, 0.2) is 11.8 Å².